The molecule has 0 radical (unpaired) electrons. The number of ether oxygens (including phenoxy) is 1. The smallest absolute Gasteiger partial charge is 0.418 e. The third kappa shape index (κ3) is 7.10. The number of alkyl halides is 3. The largest absolute Gasteiger partial charge is 0.492 e. The van der Waals surface area contributed by atoms with Crippen LogP contribution in [-0.4, -0.2) is 52.2 Å². The molecule has 0 fully saturated rings. The fraction of sp³-hybridized carbons (Fsp3) is 0.409. The molecule has 0 bridgehead atoms. The highest BCUT2D eigenvalue weighted by Crippen LogP contribution is 2.42. The van der Waals surface area contributed by atoms with Gasteiger partial charge in [-0.25, -0.2) is 8.42 Å². The Hall–Kier alpha value is -2.79. The molecule has 0 atom stereocenters. The van der Waals surface area contributed by atoms with Gasteiger partial charge in [-0.1, -0.05) is 12.1 Å². The lowest BCUT2D eigenvalue weighted by Gasteiger charge is -2.24. The summed E-state index contributed by atoms with van der Waals surface area (Å²) < 4.78 is 70.5. The molecule has 1 amide bonds. The Morgan fingerprint density at radius 1 is 1.09 bits per heavy atom. The third-order valence-electron chi connectivity index (χ3n) is 5.21. The molecular formula is C22H26F3N3O4S. The summed E-state index contributed by atoms with van der Waals surface area (Å²) in [5.41, 5.74) is 0.828. The SMILES string of the molecule is CN(CCOc1ccc(C(F)(F)F)c2c1CCC(=O)N2)CCc1ccc(NS(C)(=O)=O)cc1. The molecule has 1 aliphatic heterocycles. The fourth-order valence-corrected chi connectivity index (χ4v) is 4.09. The van der Waals surface area contributed by atoms with Gasteiger partial charge in [-0.15, -0.1) is 0 Å². The van der Waals surface area contributed by atoms with Crippen LogP contribution in [0, 0.1) is 0 Å². The second kappa shape index (κ2) is 10.0. The van der Waals surface area contributed by atoms with Gasteiger partial charge in [-0.05, 0) is 49.7 Å². The van der Waals surface area contributed by atoms with Gasteiger partial charge in [0.1, 0.15) is 12.4 Å². The van der Waals surface area contributed by atoms with Crippen molar-refractivity contribution in [1.82, 2.24) is 4.90 Å². The van der Waals surface area contributed by atoms with E-state index in [2.05, 4.69) is 10.0 Å². The van der Waals surface area contributed by atoms with Crippen molar-refractivity contribution < 1.29 is 31.1 Å². The van der Waals surface area contributed by atoms with Gasteiger partial charge < -0.3 is 15.0 Å². The summed E-state index contributed by atoms with van der Waals surface area (Å²) in [6, 6.07) is 9.34. The predicted molar refractivity (Wildman–Crippen MR) is 120 cm³/mol. The lowest BCUT2D eigenvalue weighted by atomic mass is 9.97. The Bertz CT molecular complexity index is 1100. The van der Waals surface area contributed by atoms with Crippen LogP contribution in [0.5, 0.6) is 5.75 Å². The monoisotopic (exact) mass is 485 g/mol. The van der Waals surface area contributed by atoms with Crippen LogP contribution in [0.4, 0.5) is 24.5 Å². The maximum atomic E-state index is 13.3. The standard InChI is InChI=1S/C22H26F3N3O4S/c1-28(12-11-15-3-5-16(6-4-15)27-33(2,30)31)13-14-32-19-9-8-18(22(23,24)25)21-17(19)7-10-20(29)26-21/h3-6,8-9,27H,7,10-14H2,1-2H3,(H,26,29). The third-order valence-corrected chi connectivity index (χ3v) is 5.82. The van der Waals surface area contributed by atoms with Crippen molar-refractivity contribution in [1.29, 1.82) is 0 Å². The lowest BCUT2D eigenvalue weighted by molar-refractivity contribution is -0.137. The number of sulfonamides is 1. The van der Waals surface area contributed by atoms with Crippen molar-refractivity contribution in [2.24, 2.45) is 0 Å². The second-order valence-electron chi connectivity index (χ2n) is 7.98. The van der Waals surface area contributed by atoms with Crippen LogP contribution in [0.25, 0.3) is 0 Å². The van der Waals surface area contributed by atoms with Gasteiger partial charge in [0.05, 0.1) is 17.5 Å². The normalized spacial score (nSPS) is 14.1. The van der Waals surface area contributed by atoms with Crippen molar-refractivity contribution >= 4 is 27.3 Å². The highest BCUT2D eigenvalue weighted by atomic mass is 32.2. The fourth-order valence-electron chi connectivity index (χ4n) is 3.53. The van der Waals surface area contributed by atoms with Gasteiger partial charge in [0.25, 0.3) is 0 Å². The van der Waals surface area contributed by atoms with Crippen molar-refractivity contribution in [3.8, 4) is 5.75 Å². The number of amides is 1. The van der Waals surface area contributed by atoms with E-state index in [-0.39, 0.29) is 25.1 Å². The molecule has 1 aliphatic rings. The van der Waals surface area contributed by atoms with E-state index >= 15 is 0 Å². The molecule has 0 saturated heterocycles. The molecular weight excluding hydrogens is 459 g/mol. The first-order valence-electron chi connectivity index (χ1n) is 10.3. The van der Waals surface area contributed by atoms with Crippen LogP contribution in [0.1, 0.15) is 23.1 Å². The van der Waals surface area contributed by atoms with E-state index in [0.29, 0.717) is 30.1 Å². The number of fused-ring (bicyclic) bond motifs is 1. The van der Waals surface area contributed by atoms with Gasteiger partial charge in [-0.2, -0.15) is 13.2 Å². The van der Waals surface area contributed by atoms with E-state index in [1.807, 2.05) is 24.1 Å². The molecule has 0 spiro atoms. The molecule has 0 aromatic heterocycles. The molecule has 180 valence electrons. The summed E-state index contributed by atoms with van der Waals surface area (Å²) in [4.78, 5) is 13.7. The maximum absolute atomic E-state index is 13.3. The van der Waals surface area contributed by atoms with E-state index in [1.165, 1.54) is 6.07 Å². The van der Waals surface area contributed by atoms with Gasteiger partial charge in [0.2, 0.25) is 15.9 Å². The van der Waals surface area contributed by atoms with Crippen LogP contribution in [0.3, 0.4) is 0 Å². The number of carbonyl (C=O) groups is 1. The number of carbonyl (C=O) groups excluding carboxylic acids is 1. The molecule has 1 heterocycles. The topological polar surface area (TPSA) is 87.7 Å². The molecule has 3 rings (SSSR count). The van der Waals surface area contributed by atoms with Gasteiger partial charge in [0.15, 0.2) is 0 Å². The van der Waals surface area contributed by atoms with E-state index in [9.17, 15) is 26.4 Å². The zero-order valence-electron chi connectivity index (χ0n) is 18.3. The highest BCUT2D eigenvalue weighted by molar-refractivity contribution is 7.92. The number of nitrogens with zero attached hydrogens (tertiary/aromatic N) is 1. The Morgan fingerprint density at radius 3 is 2.42 bits per heavy atom. The molecule has 7 nitrogen and oxygen atoms in total. The number of rotatable bonds is 9. The van der Waals surface area contributed by atoms with E-state index in [4.69, 9.17) is 4.74 Å². The van der Waals surface area contributed by atoms with E-state index in [0.717, 1.165) is 24.3 Å². The van der Waals surface area contributed by atoms with Crippen molar-refractivity contribution in [2.45, 2.75) is 25.4 Å². The van der Waals surface area contributed by atoms with Crippen LogP contribution < -0.4 is 14.8 Å². The van der Waals surface area contributed by atoms with Crippen LogP contribution in [0.2, 0.25) is 0 Å². The zero-order valence-corrected chi connectivity index (χ0v) is 19.1. The number of hydrogen-bond donors (Lipinski definition) is 2. The summed E-state index contributed by atoms with van der Waals surface area (Å²) in [6.45, 7) is 1.54. The molecule has 0 saturated carbocycles. The van der Waals surface area contributed by atoms with Crippen LogP contribution >= 0.6 is 0 Å². The minimum atomic E-state index is -4.56. The minimum absolute atomic E-state index is 0.114. The first-order valence-corrected chi connectivity index (χ1v) is 12.2. The van der Waals surface area contributed by atoms with E-state index < -0.39 is 27.7 Å². The van der Waals surface area contributed by atoms with Gasteiger partial charge in [0, 0.05) is 30.8 Å². The summed E-state index contributed by atoms with van der Waals surface area (Å²) in [5.74, 6) is -0.0922. The summed E-state index contributed by atoms with van der Waals surface area (Å²) in [6.07, 6.45) is -2.43. The van der Waals surface area contributed by atoms with Crippen LogP contribution in [0.15, 0.2) is 36.4 Å². The van der Waals surface area contributed by atoms with Crippen molar-refractivity contribution in [2.75, 3.05) is 43.0 Å². The highest BCUT2D eigenvalue weighted by Gasteiger charge is 2.37. The number of likely N-dealkylation sites (N-methyl/N-ethyl adjacent to an activating group) is 1. The van der Waals surface area contributed by atoms with Gasteiger partial charge in [-0.3, -0.25) is 9.52 Å². The summed E-state index contributed by atoms with van der Waals surface area (Å²) >= 11 is 0. The Kier molecular flexibility index (Phi) is 7.53. The van der Waals surface area contributed by atoms with E-state index in [1.54, 1.807) is 12.1 Å². The quantitative estimate of drug-likeness (QED) is 0.568. The first kappa shape index (κ1) is 24.8. The molecule has 11 heteroatoms. The average molecular weight is 486 g/mol. The molecule has 2 N–H and O–H groups in total. The van der Waals surface area contributed by atoms with Crippen LogP contribution in [-0.2, 0) is 33.8 Å². The Balaban J connectivity index is 1.53. The number of benzene rings is 2. The van der Waals surface area contributed by atoms with Crippen molar-refractivity contribution in [3.05, 3.63) is 53.1 Å². The molecule has 2 aromatic carbocycles. The first-order chi connectivity index (χ1) is 15.4. The molecule has 33 heavy (non-hydrogen) atoms. The number of anilines is 2. The maximum Gasteiger partial charge on any atom is 0.418 e. The Morgan fingerprint density at radius 2 is 1.79 bits per heavy atom. The number of nitrogens with one attached hydrogen (secondary N) is 2. The molecule has 0 unspecified atom stereocenters. The zero-order chi connectivity index (χ0) is 24.2. The van der Waals surface area contributed by atoms with Gasteiger partial charge >= 0.3 is 6.18 Å². The summed E-state index contributed by atoms with van der Waals surface area (Å²) in [5, 5.41) is 2.34. The second-order valence-corrected chi connectivity index (χ2v) is 9.73. The molecule has 2 aromatic rings. The predicted octanol–water partition coefficient (Wildman–Crippen LogP) is 3.51. The minimum Gasteiger partial charge on any atom is -0.492 e. The number of hydrogen-bond acceptors (Lipinski definition) is 5. The summed E-state index contributed by atoms with van der Waals surface area (Å²) in [7, 11) is -1.41. The molecule has 0 aliphatic carbocycles. The van der Waals surface area contributed by atoms with Crippen molar-refractivity contribution in [3.63, 3.8) is 0 Å². The lowest BCUT2D eigenvalue weighted by Crippen LogP contribution is -2.27. The Labute approximate surface area is 191 Å². The number of halogens is 3. The average Bonchev–Trinajstić information content (AvgIpc) is 2.71.